The average molecular weight is 380 g/mol. The highest BCUT2D eigenvalue weighted by Crippen LogP contribution is 2.25. The lowest BCUT2D eigenvalue weighted by atomic mass is 10.3. The van der Waals surface area contributed by atoms with Crippen molar-refractivity contribution in [3.05, 3.63) is 58.3 Å². The molecule has 7 heteroatoms. The zero-order valence-corrected chi connectivity index (χ0v) is 13.7. The van der Waals surface area contributed by atoms with Crippen LogP contribution < -0.4 is 4.72 Å². The second-order valence-electron chi connectivity index (χ2n) is 3.52. The van der Waals surface area contributed by atoms with Crippen LogP contribution in [-0.2, 0) is 11.0 Å². The molecule has 1 atom stereocenters. The second kappa shape index (κ2) is 8.19. The van der Waals surface area contributed by atoms with Gasteiger partial charge in [0.1, 0.15) is 16.5 Å². The van der Waals surface area contributed by atoms with Gasteiger partial charge < -0.3 is 0 Å². The lowest BCUT2D eigenvalue weighted by Crippen LogP contribution is -2.10. The molecule has 2 aromatic carbocycles. The van der Waals surface area contributed by atoms with Crippen molar-refractivity contribution < 1.29 is 17.4 Å². The monoisotopic (exact) mass is 379 g/mol. The van der Waals surface area contributed by atoms with E-state index in [0.29, 0.717) is 0 Å². The first-order valence-corrected chi connectivity index (χ1v) is 8.01. The number of benzene rings is 2. The van der Waals surface area contributed by atoms with Gasteiger partial charge in [-0.15, -0.1) is 0 Å². The summed E-state index contributed by atoms with van der Waals surface area (Å²) < 4.78 is 54.7. The van der Waals surface area contributed by atoms with Gasteiger partial charge in [-0.3, -0.25) is 4.72 Å². The second-order valence-corrected chi connectivity index (χ2v) is 5.53. The van der Waals surface area contributed by atoms with Crippen LogP contribution in [0.3, 0.4) is 0 Å². The van der Waals surface area contributed by atoms with Crippen molar-refractivity contribution in [1.82, 2.24) is 0 Å². The summed E-state index contributed by atoms with van der Waals surface area (Å²) in [5.41, 5.74) is -0.115. The maximum Gasteiger partial charge on any atom is 0.161 e. The fourth-order valence-electron chi connectivity index (χ4n) is 1.39. The predicted octanol–water partition coefficient (Wildman–Crippen LogP) is 5.03. The SMILES string of the molecule is CC.O=S(Nc1cccc(Br)c1F)c1c(F)cccc1F. The summed E-state index contributed by atoms with van der Waals surface area (Å²) in [5.74, 6) is -2.60. The average Bonchev–Trinajstić information content (AvgIpc) is 2.46. The number of rotatable bonds is 3. The summed E-state index contributed by atoms with van der Waals surface area (Å²) in [7, 11) is -2.24. The Morgan fingerprint density at radius 3 is 2.10 bits per heavy atom. The highest BCUT2D eigenvalue weighted by atomic mass is 79.9. The maximum atomic E-state index is 13.6. The Hall–Kier alpha value is -1.34. The van der Waals surface area contributed by atoms with Gasteiger partial charge in [-0.05, 0) is 40.2 Å². The minimum absolute atomic E-state index is 0.115. The number of anilines is 1. The molecular formula is C14H13BrF3NOS. The molecule has 0 aliphatic rings. The quantitative estimate of drug-likeness (QED) is 0.796. The molecule has 0 amide bonds. The van der Waals surface area contributed by atoms with Gasteiger partial charge >= 0.3 is 0 Å². The van der Waals surface area contributed by atoms with Crippen molar-refractivity contribution in [2.45, 2.75) is 18.7 Å². The van der Waals surface area contributed by atoms with Crippen LogP contribution in [0.2, 0.25) is 0 Å². The largest absolute Gasteiger partial charge is 0.298 e. The van der Waals surface area contributed by atoms with E-state index in [0.717, 1.165) is 18.2 Å². The van der Waals surface area contributed by atoms with Crippen LogP contribution in [0.25, 0.3) is 0 Å². The molecule has 2 nitrogen and oxygen atoms in total. The number of halogens is 4. The van der Waals surface area contributed by atoms with Crippen LogP contribution in [0.15, 0.2) is 45.8 Å². The van der Waals surface area contributed by atoms with E-state index in [9.17, 15) is 17.4 Å². The van der Waals surface area contributed by atoms with Gasteiger partial charge in [0.2, 0.25) is 0 Å². The Bertz CT molecular complexity index is 632. The molecule has 2 rings (SSSR count). The van der Waals surface area contributed by atoms with Crippen molar-refractivity contribution in [2.75, 3.05) is 4.72 Å². The molecule has 0 spiro atoms. The number of hydrogen-bond donors (Lipinski definition) is 1. The van der Waals surface area contributed by atoms with Crippen molar-refractivity contribution in [2.24, 2.45) is 0 Å². The molecular weight excluding hydrogens is 367 g/mol. The third kappa shape index (κ3) is 4.31. The molecule has 1 unspecified atom stereocenters. The van der Waals surface area contributed by atoms with Crippen LogP contribution in [-0.4, -0.2) is 4.21 Å². The van der Waals surface area contributed by atoms with E-state index in [2.05, 4.69) is 20.7 Å². The molecule has 0 heterocycles. The van der Waals surface area contributed by atoms with E-state index in [1.807, 2.05) is 13.8 Å². The molecule has 0 bridgehead atoms. The smallest absolute Gasteiger partial charge is 0.161 e. The van der Waals surface area contributed by atoms with Crippen LogP contribution >= 0.6 is 15.9 Å². The molecule has 0 saturated carbocycles. The summed E-state index contributed by atoms with van der Waals surface area (Å²) in [4.78, 5) is -0.637. The van der Waals surface area contributed by atoms with E-state index in [1.165, 1.54) is 18.2 Å². The Morgan fingerprint density at radius 1 is 1.00 bits per heavy atom. The van der Waals surface area contributed by atoms with E-state index in [1.54, 1.807) is 0 Å². The zero-order valence-electron chi connectivity index (χ0n) is 11.3. The minimum Gasteiger partial charge on any atom is -0.298 e. The summed E-state index contributed by atoms with van der Waals surface area (Å²) in [5, 5.41) is 0. The van der Waals surface area contributed by atoms with E-state index >= 15 is 0 Å². The van der Waals surface area contributed by atoms with Crippen molar-refractivity contribution >= 4 is 32.6 Å². The fourth-order valence-corrected chi connectivity index (χ4v) is 2.71. The van der Waals surface area contributed by atoms with Crippen molar-refractivity contribution in [3.63, 3.8) is 0 Å². The molecule has 114 valence electrons. The molecule has 2 aromatic rings. The molecule has 0 aliphatic carbocycles. The Balaban J connectivity index is 0.00000106. The fraction of sp³-hybridized carbons (Fsp3) is 0.143. The number of hydrogen-bond acceptors (Lipinski definition) is 1. The van der Waals surface area contributed by atoms with Gasteiger partial charge in [0.25, 0.3) is 0 Å². The van der Waals surface area contributed by atoms with Crippen LogP contribution in [0.1, 0.15) is 13.8 Å². The third-order valence-electron chi connectivity index (χ3n) is 2.26. The van der Waals surface area contributed by atoms with E-state index < -0.39 is 33.3 Å². The van der Waals surface area contributed by atoms with Crippen molar-refractivity contribution in [3.8, 4) is 0 Å². The number of nitrogens with one attached hydrogen (secondary N) is 1. The first-order valence-electron chi connectivity index (χ1n) is 6.07. The summed E-state index contributed by atoms with van der Waals surface area (Å²) >= 11 is 2.96. The normalized spacial score (nSPS) is 11.3. The van der Waals surface area contributed by atoms with Crippen LogP contribution in [0.4, 0.5) is 18.9 Å². The van der Waals surface area contributed by atoms with Gasteiger partial charge in [0.15, 0.2) is 16.8 Å². The molecule has 0 saturated heterocycles. The van der Waals surface area contributed by atoms with Gasteiger partial charge in [0.05, 0.1) is 10.2 Å². The third-order valence-corrected chi connectivity index (χ3v) is 4.04. The Kier molecular flexibility index (Phi) is 6.91. The van der Waals surface area contributed by atoms with Gasteiger partial charge in [0, 0.05) is 0 Å². The predicted molar refractivity (Wildman–Crippen MR) is 81.8 cm³/mol. The van der Waals surface area contributed by atoms with E-state index in [4.69, 9.17) is 0 Å². The minimum atomic E-state index is -2.24. The maximum absolute atomic E-state index is 13.6. The van der Waals surface area contributed by atoms with E-state index in [-0.39, 0.29) is 10.2 Å². The molecule has 21 heavy (non-hydrogen) atoms. The summed E-state index contributed by atoms with van der Waals surface area (Å²) in [6.45, 7) is 4.00. The van der Waals surface area contributed by atoms with Crippen LogP contribution in [0, 0.1) is 17.5 Å². The standard InChI is InChI=1S/C12H7BrF3NOS.C2H6/c13-7-3-1-6-10(11(7)16)17-19(18)12-8(14)4-2-5-9(12)15;1-2/h1-6,17H;1-2H3. The first-order chi connectivity index (χ1) is 10.0. The molecule has 0 aliphatic heterocycles. The Labute approximate surface area is 132 Å². The lowest BCUT2D eigenvalue weighted by Gasteiger charge is -2.09. The topological polar surface area (TPSA) is 29.1 Å². The highest BCUT2D eigenvalue weighted by molar-refractivity contribution is 9.10. The summed E-state index contributed by atoms with van der Waals surface area (Å²) in [6.07, 6.45) is 0. The zero-order chi connectivity index (χ0) is 16.0. The highest BCUT2D eigenvalue weighted by Gasteiger charge is 2.17. The molecule has 0 fully saturated rings. The summed E-state index contributed by atoms with van der Waals surface area (Å²) in [6, 6.07) is 7.39. The molecule has 0 radical (unpaired) electrons. The molecule has 1 N–H and O–H groups in total. The lowest BCUT2D eigenvalue weighted by molar-refractivity contribution is 0.535. The van der Waals surface area contributed by atoms with Crippen molar-refractivity contribution in [1.29, 1.82) is 0 Å². The van der Waals surface area contributed by atoms with Crippen LogP contribution in [0.5, 0.6) is 0 Å². The first kappa shape index (κ1) is 17.7. The molecule has 0 aromatic heterocycles. The van der Waals surface area contributed by atoms with Gasteiger partial charge in [-0.25, -0.2) is 17.4 Å². The Morgan fingerprint density at radius 2 is 1.52 bits per heavy atom. The van der Waals surface area contributed by atoms with Gasteiger partial charge in [-0.1, -0.05) is 26.0 Å². The van der Waals surface area contributed by atoms with Gasteiger partial charge in [-0.2, -0.15) is 0 Å².